The molecule has 3 rings (SSSR count). The molecule has 8 nitrogen and oxygen atoms in total. The molecule has 1 aromatic heterocycles. The van der Waals surface area contributed by atoms with Crippen LogP contribution in [0.2, 0.25) is 0 Å². The fourth-order valence-corrected chi connectivity index (χ4v) is 2.75. The quantitative estimate of drug-likeness (QED) is 0.717. The standard InChI is InChI=1S/C19H20N2O6/c1-12-16(13(2)27-20-12)10-25-15-7-5-14(6-8-15)19(24)26-11-18(23)21-9-3-4-17(21)22/h5-8H,3-4,9-11H2,1-2H3. The number of amides is 2. The van der Waals surface area contributed by atoms with Gasteiger partial charge in [0.25, 0.3) is 5.91 Å². The SMILES string of the molecule is Cc1noc(C)c1COc1ccc(C(=O)OCC(=O)N2CCCC2=O)cc1. The second-order valence-corrected chi connectivity index (χ2v) is 6.23. The van der Waals surface area contributed by atoms with Crippen LogP contribution in [-0.2, 0) is 20.9 Å². The summed E-state index contributed by atoms with van der Waals surface area (Å²) in [5.41, 5.74) is 1.95. The predicted molar refractivity (Wildman–Crippen MR) is 93.0 cm³/mol. The van der Waals surface area contributed by atoms with Gasteiger partial charge in [0.2, 0.25) is 5.91 Å². The second-order valence-electron chi connectivity index (χ2n) is 6.23. The summed E-state index contributed by atoms with van der Waals surface area (Å²) >= 11 is 0. The zero-order valence-corrected chi connectivity index (χ0v) is 15.2. The van der Waals surface area contributed by atoms with Crippen LogP contribution in [0.4, 0.5) is 0 Å². The Balaban J connectivity index is 1.51. The number of imide groups is 1. The van der Waals surface area contributed by atoms with Crippen molar-refractivity contribution in [3.05, 3.63) is 46.8 Å². The average molecular weight is 372 g/mol. The zero-order valence-electron chi connectivity index (χ0n) is 15.2. The van der Waals surface area contributed by atoms with E-state index in [1.165, 1.54) is 0 Å². The number of aromatic nitrogens is 1. The van der Waals surface area contributed by atoms with E-state index >= 15 is 0 Å². The molecule has 0 atom stereocenters. The molecule has 2 aromatic rings. The number of benzene rings is 1. The number of aryl methyl sites for hydroxylation is 2. The topological polar surface area (TPSA) is 98.9 Å². The molecule has 0 saturated carbocycles. The molecule has 1 aliphatic rings. The molecule has 1 aliphatic heterocycles. The molecule has 0 radical (unpaired) electrons. The maximum absolute atomic E-state index is 12.1. The van der Waals surface area contributed by atoms with Gasteiger partial charge in [-0.1, -0.05) is 5.16 Å². The summed E-state index contributed by atoms with van der Waals surface area (Å²) in [4.78, 5) is 36.6. The fraction of sp³-hybridized carbons (Fsp3) is 0.368. The van der Waals surface area contributed by atoms with Crippen molar-refractivity contribution in [2.24, 2.45) is 0 Å². The van der Waals surface area contributed by atoms with Crippen molar-refractivity contribution in [1.82, 2.24) is 10.1 Å². The number of esters is 1. The van der Waals surface area contributed by atoms with Gasteiger partial charge in [0, 0.05) is 13.0 Å². The number of nitrogens with zero attached hydrogens (tertiary/aromatic N) is 2. The fourth-order valence-electron chi connectivity index (χ4n) is 2.75. The Morgan fingerprint density at radius 1 is 1.22 bits per heavy atom. The van der Waals surface area contributed by atoms with E-state index in [0.29, 0.717) is 43.1 Å². The van der Waals surface area contributed by atoms with Crippen molar-refractivity contribution < 1.29 is 28.4 Å². The van der Waals surface area contributed by atoms with Crippen LogP contribution >= 0.6 is 0 Å². The van der Waals surface area contributed by atoms with Crippen LogP contribution in [0, 0.1) is 13.8 Å². The van der Waals surface area contributed by atoms with Crippen LogP contribution in [-0.4, -0.2) is 41.0 Å². The van der Waals surface area contributed by atoms with Crippen LogP contribution in [0.1, 0.15) is 40.2 Å². The number of hydrogen-bond donors (Lipinski definition) is 0. The third kappa shape index (κ3) is 4.33. The summed E-state index contributed by atoms with van der Waals surface area (Å²) < 4.78 is 15.8. The maximum Gasteiger partial charge on any atom is 0.338 e. The van der Waals surface area contributed by atoms with E-state index in [1.807, 2.05) is 13.8 Å². The summed E-state index contributed by atoms with van der Waals surface area (Å²) in [6.45, 7) is 3.89. The number of likely N-dealkylation sites (tertiary alicyclic amines) is 1. The first-order valence-electron chi connectivity index (χ1n) is 8.60. The second kappa shape index (κ2) is 8.03. The monoisotopic (exact) mass is 372 g/mol. The van der Waals surface area contributed by atoms with Crippen LogP contribution in [0.25, 0.3) is 0 Å². The van der Waals surface area contributed by atoms with Gasteiger partial charge in [-0.3, -0.25) is 14.5 Å². The minimum Gasteiger partial charge on any atom is -0.489 e. The van der Waals surface area contributed by atoms with E-state index < -0.39 is 18.5 Å². The molecular formula is C19H20N2O6. The lowest BCUT2D eigenvalue weighted by atomic mass is 10.2. The van der Waals surface area contributed by atoms with Crippen molar-refractivity contribution >= 4 is 17.8 Å². The molecule has 1 saturated heterocycles. The Morgan fingerprint density at radius 3 is 2.56 bits per heavy atom. The van der Waals surface area contributed by atoms with Gasteiger partial charge in [-0.25, -0.2) is 4.79 Å². The van der Waals surface area contributed by atoms with Gasteiger partial charge in [0.1, 0.15) is 18.1 Å². The van der Waals surface area contributed by atoms with E-state index in [0.717, 1.165) is 16.2 Å². The van der Waals surface area contributed by atoms with Gasteiger partial charge < -0.3 is 14.0 Å². The van der Waals surface area contributed by atoms with E-state index in [2.05, 4.69) is 5.16 Å². The lowest BCUT2D eigenvalue weighted by Crippen LogP contribution is -2.35. The summed E-state index contributed by atoms with van der Waals surface area (Å²) in [5.74, 6) is -0.0764. The van der Waals surface area contributed by atoms with Crippen molar-refractivity contribution in [3.8, 4) is 5.75 Å². The molecular weight excluding hydrogens is 352 g/mol. The van der Waals surface area contributed by atoms with Crippen molar-refractivity contribution in [2.75, 3.05) is 13.2 Å². The number of hydrogen-bond acceptors (Lipinski definition) is 7. The van der Waals surface area contributed by atoms with Gasteiger partial charge in [-0.15, -0.1) is 0 Å². The predicted octanol–water partition coefficient (Wildman–Crippen LogP) is 2.18. The van der Waals surface area contributed by atoms with Crippen LogP contribution in [0.3, 0.4) is 0 Å². The number of ether oxygens (including phenoxy) is 2. The molecule has 1 fully saturated rings. The van der Waals surface area contributed by atoms with E-state index in [-0.39, 0.29) is 5.91 Å². The highest BCUT2D eigenvalue weighted by Crippen LogP contribution is 2.18. The van der Waals surface area contributed by atoms with Gasteiger partial charge in [-0.2, -0.15) is 0 Å². The normalized spacial score (nSPS) is 13.7. The van der Waals surface area contributed by atoms with E-state index in [9.17, 15) is 14.4 Å². The third-order valence-electron chi connectivity index (χ3n) is 4.36. The summed E-state index contributed by atoms with van der Waals surface area (Å²) in [6.07, 6.45) is 1.00. The Hall–Kier alpha value is -3.16. The minimum atomic E-state index is -0.632. The molecule has 0 bridgehead atoms. The molecule has 27 heavy (non-hydrogen) atoms. The first-order valence-corrected chi connectivity index (χ1v) is 8.60. The van der Waals surface area contributed by atoms with Crippen LogP contribution < -0.4 is 4.74 Å². The van der Waals surface area contributed by atoms with Crippen LogP contribution in [0.15, 0.2) is 28.8 Å². The van der Waals surface area contributed by atoms with Gasteiger partial charge in [0.05, 0.1) is 16.8 Å². The largest absolute Gasteiger partial charge is 0.489 e. The molecule has 0 aliphatic carbocycles. The molecule has 0 spiro atoms. The number of rotatable bonds is 6. The highest BCUT2D eigenvalue weighted by atomic mass is 16.5. The van der Waals surface area contributed by atoms with Crippen molar-refractivity contribution in [3.63, 3.8) is 0 Å². The summed E-state index contributed by atoms with van der Waals surface area (Å²) in [5, 5.41) is 3.87. The van der Waals surface area contributed by atoms with Crippen molar-refractivity contribution in [1.29, 1.82) is 0 Å². The maximum atomic E-state index is 12.1. The first-order chi connectivity index (χ1) is 13.0. The molecule has 0 unspecified atom stereocenters. The Morgan fingerprint density at radius 2 is 1.96 bits per heavy atom. The first kappa shape index (κ1) is 18.6. The molecule has 2 amide bonds. The van der Waals surface area contributed by atoms with Crippen molar-refractivity contribution in [2.45, 2.75) is 33.3 Å². The van der Waals surface area contributed by atoms with Crippen LogP contribution in [0.5, 0.6) is 5.75 Å². The van der Waals surface area contributed by atoms with Gasteiger partial charge in [0.15, 0.2) is 6.61 Å². The molecule has 2 heterocycles. The number of carbonyl (C=O) groups is 3. The lowest BCUT2D eigenvalue weighted by molar-refractivity contribution is -0.143. The Labute approximate surface area is 156 Å². The Bertz CT molecular complexity index is 836. The molecule has 8 heteroatoms. The molecule has 1 aromatic carbocycles. The molecule has 0 N–H and O–H groups in total. The summed E-state index contributed by atoms with van der Waals surface area (Å²) in [6, 6.07) is 6.38. The third-order valence-corrected chi connectivity index (χ3v) is 4.36. The zero-order chi connectivity index (χ0) is 19.4. The molecule has 142 valence electrons. The lowest BCUT2D eigenvalue weighted by Gasteiger charge is -2.13. The van der Waals surface area contributed by atoms with E-state index in [4.69, 9.17) is 14.0 Å². The Kier molecular flexibility index (Phi) is 5.54. The smallest absolute Gasteiger partial charge is 0.338 e. The highest BCUT2D eigenvalue weighted by molar-refractivity contribution is 5.98. The highest BCUT2D eigenvalue weighted by Gasteiger charge is 2.27. The van der Waals surface area contributed by atoms with E-state index in [1.54, 1.807) is 24.3 Å². The van der Waals surface area contributed by atoms with Gasteiger partial charge >= 0.3 is 5.97 Å². The minimum absolute atomic E-state index is 0.226. The number of carbonyl (C=O) groups excluding carboxylic acids is 3. The van der Waals surface area contributed by atoms with Gasteiger partial charge in [-0.05, 0) is 44.5 Å². The summed E-state index contributed by atoms with van der Waals surface area (Å²) in [7, 11) is 0. The average Bonchev–Trinajstić information content (AvgIpc) is 3.23.